The number of carbonyl (C=O) groups excluding carboxylic acids is 1. The lowest BCUT2D eigenvalue weighted by molar-refractivity contribution is 0.00844. The van der Waals surface area contributed by atoms with Crippen molar-refractivity contribution in [1.82, 2.24) is 9.88 Å². The van der Waals surface area contributed by atoms with E-state index in [0.29, 0.717) is 31.8 Å². The number of hydrogen-bond donors (Lipinski definition) is 1. The zero-order valence-corrected chi connectivity index (χ0v) is 15.8. The van der Waals surface area contributed by atoms with Gasteiger partial charge in [-0.3, -0.25) is 9.78 Å². The van der Waals surface area contributed by atoms with Crippen molar-refractivity contribution in [2.24, 2.45) is 5.73 Å². The van der Waals surface area contributed by atoms with Crippen LogP contribution in [0.1, 0.15) is 29.6 Å². The smallest absolute Gasteiger partial charge is 0.255 e. The molecule has 1 aliphatic heterocycles. The average molecular weight is 369 g/mol. The minimum atomic E-state index is 0.0262. The van der Waals surface area contributed by atoms with Gasteiger partial charge in [-0.1, -0.05) is 12.1 Å². The molecular weight excluding hydrogens is 342 g/mol. The van der Waals surface area contributed by atoms with Gasteiger partial charge in [-0.25, -0.2) is 0 Å². The van der Waals surface area contributed by atoms with Gasteiger partial charge in [0.05, 0.1) is 18.8 Å². The molecule has 0 aliphatic carbocycles. The number of amides is 1. The van der Waals surface area contributed by atoms with E-state index in [1.54, 1.807) is 19.5 Å². The molecule has 1 amide bonds. The SMILES string of the molecule is COc1ccc(-c2cncc(C(=O)N3CCC(OCCCN)CC3)c2)cc1. The van der Waals surface area contributed by atoms with Crippen molar-refractivity contribution in [2.45, 2.75) is 25.4 Å². The van der Waals surface area contributed by atoms with Gasteiger partial charge < -0.3 is 20.1 Å². The quantitative estimate of drug-likeness (QED) is 0.760. The van der Waals surface area contributed by atoms with Gasteiger partial charge in [0.25, 0.3) is 5.91 Å². The summed E-state index contributed by atoms with van der Waals surface area (Å²) in [6, 6.07) is 9.64. The molecular formula is C21H27N3O3. The van der Waals surface area contributed by atoms with Crippen LogP contribution in [0.3, 0.4) is 0 Å². The Balaban J connectivity index is 1.62. The second kappa shape index (κ2) is 9.48. The Morgan fingerprint density at radius 3 is 2.59 bits per heavy atom. The first-order chi connectivity index (χ1) is 13.2. The van der Waals surface area contributed by atoms with E-state index >= 15 is 0 Å². The van der Waals surface area contributed by atoms with Crippen LogP contribution >= 0.6 is 0 Å². The predicted molar refractivity (Wildman–Crippen MR) is 105 cm³/mol. The number of methoxy groups -OCH3 is 1. The van der Waals surface area contributed by atoms with Gasteiger partial charge in [-0.15, -0.1) is 0 Å². The minimum absolute atomic E-state index is 0.0262. The van der Waals surface area contributed by atoms with Crippen LogP contribution in [0.5, 0.6) is 5.75 Å². The largest absolute Gasteiger partial charge is 0.497 e. The number of benzene rings is 1. The summed E-state index contributed by atoms with van der Waals surface area (Å²) in [5.74, 6) is 0.828. The van der Waals surface area contributed by atoms with Gasteiger partial charge in [-0.05, 0) is 49.6 Å². The summed E-state index contributed by atoms with van der Waals surface area (Å²) in [6.07, 6.45) is 6.24. The third kappa shape index (κ3) is 5.05. The molecule has 27 heavy (non-hydrogen) atoms. The zero-order valence-electron chi connectivity index (χ0n) is 15.8. The highest BCUT2D eigenvalue weighted by atomic mass is 16.5. The van der Waals surface area contributed by atoms with E-state index in [1.165, 1.54) is 0 Å². The van der Waals surface area contributed by atoms with Crippen LogP contribution in [0.4, 0.5) is 0 Å². The molecule has 144 valence electrons. The molecule has 1 fully saturated rings. The van der Waals surface area contributed by atoms with Crippen LogP contribution in [0.2, 0.25) is 0 Å². The molecule has 2 aromatic rings. The normalized spacial score (nSPS) is 15.0. The Bertz CT molecular complexity index is 741. The van der Waals surface area contributed by atoms with E-state index < -0.39 is 0 Å². The number of piperidine rings is 1. The molecule has 0 atom stereocenters. The van der Waals surface area contributed by atoms with Crippen LogP contribution < -0.4 is 10.5 Å². The number of aromatic nitrogens is 1. The summed E-state index contributed by atoms with van der Waals surface area (Å²) < 4.78 is 11.0. The Labute approximate surface area is 160 Å². The van der Waals surface area contributed by atoms with Gasteiger partial charge in [0, 0.05) is 37.7 Å². The Kier molecular flexibility index (Phi) is 6.79. The number of pyridine rings is 1. The molecule has 1 aromatic carbocycles. The number of carbonyl (C=O) groups is 1. The fourth-order valence-corrected chi connectivity index (χ4v) is 3.24. The summed E-state index contributed by atoms with van der Waals surface area (Å²) in [5, 5.41) is 0. The van der Waals surface area contributed by atoms with Crippen molar-refractivity contribution in [3.8, 4) is 16.9 Å². The lowest BCUT2D eigenvalue weighted by Crippen LogP contribution is -2.41. The molecule has 1 aliphatic rings. The van der Waals surface area contributed by atoms with Crippen LogP contribution in [-0.2, 0) is 4.74 Å². The zero-order chi connectivity index (χ0) is 19.1. The lowest BCUT2D eigenvalue weighted by atomic mass is 10.0. The van der Waals surface area contributed by atoms with E-state index in [-0.39, 0.29) is 12.0 Å². The summed E-state index contributed by atoms with van der Waals surface area (Å²) in [4.78, 5) is 19.0. The molecule has 0 bridgehead atoms. The van der Waals surface area contributed by atoms with Crippen molar-refractivity contribution in [3.05, 3.63) is 48.3 Å². The standard InChI is InChI=1S/C21H27N3O3/c1-26-19-5-3-16(4-6-19)17-13-18(15-23-14-17)21(25)24-10-7-20(8-11-24)27-12-2-9-22/h3-6,13-15,20H,2,7-12,22H2,1H3. The van der Waals surface area contributed by atoms with E-state index in [9.17, 15) is 4.79 Å². The second-order valence-corrected chi connectivity index (χ2v) is 6.70. The van der Waals surface area contributed by atoms with Crippen molar-refractivity contribution in [2.75, 3.05) is 33.4 Å². The molecule has 2 heterocycles. The van der Waals surface area contributed by atoms with Crippen LogP contribution in [0, 0.1) is 0 Å². The van der Waals surface area contributed by atoms with Crippen LogP contribution in [0.15, 0.2) is 42.7 Å². The first kappa shape index (κ1) is 19.3. The summed E-state index contributed by atoms with van der Waals surface area (Å²) in [7, 11) is 1.64. The van der Waals surface area contributed by atoms with E-state index in [2.05, 4.69) is 4.98 Å². The van der Waals surface area contributed by atoms with Gasteiger partial charge in [0.15, 0.2) is 0 Å². The number of hydrogen-bond acceptors (Lipinski definition) is 5. The monoisotopic (exact) mass is 369 g/mol. The number of ether oxygens (including phenoxy) is 2. The second-order valence-electron chi connectivity index (χ2n) is 6.70. The highest BCUT2D eigenvalue weighted by molar-refractivity contribution is 5.95. The van der Waals surface area contributed by atoms with Gasteiger partial charge in [0.1, 0.15) is 5.75 Å². The van der Waals surface area contributed by atoms with E-state index in [4.69, 9.17) is 15.2 Å². The maximum Gasteiger partial charge on any atom is 0.255 e. The maximum absolute atomic E-state index is 12.9. The molecule has 6 nitrogen and oxygen atoms in total. The van der Waals surface area contributed by atoms with E-state index in [0.717, 1.165) is 36.1 Å². The van der Waals surface area contributed by atoms with Gasteiger partial charge in [0.2, 0.25) is 0 Å². The third-order valence-corrected chi connectivity index (χ3v) is 4.84. The van der Waals surface area contributed by atoms with Crippen LogP contribution in [-0.4, -0.2) is 55.2 Å². The van der Waals surface area contributed by atoms with Crippen molar-refractivity contribution in [3.63, 3.8) is 0 Å². The molecule has 0 saturated carbocycles. The van der Waals surface area contributed by atoms with Crippen molar-refractivity contribution < 1.29 is 14.3 Å². The summed E-state index contributed by atoms with van der Waals surface area (Å²) >= 11 is 0. The Morgan fingerprint density at radius 1 is 1.19 bits per heavy atom. The fraction of sp³-hybridized carbons (Fsp3) is 0.429. The van der Waals surface area contributed by atoms with E-state index in [1.807, 2.05) is 35.2 Å². The fourth-order valence-electron chi connectivity index (χ4n) is 3.24. The highest BCUT2D eigenvalue weighted by Gasteiger charge is 2.24. The third-order valence-electron chi connectivity index (χ3n) is 4.84. The lowest BCUT2D eigenvalue weighted by Gasteiger charge is -2.32. The molecule has 1 aromatic heterocycles. The number of rotatable bonds is 7. The topological polar surface area (TPSA) is 77.7 Å². The molecule has 0 radical (unpaired) electrons. The first-order valence-corrected chi connectivity index (χ1v) is 9.41. The Hall–Kier alpha value is -2.44. The van der Waals surface area contributed by atoms with Crippen LogP contribution in [0.25, 0.3) is 11.1 Å². The van der Waals surface area contributed by atoms with Crippen molar-refractivity contribution in [1.29, 1.82) is 0 Å². The molecule has 2 N–H and O–H groups in total. The number of likely N-dealkylation sites (tertiary alicyclic amines) is 1. The molecule has 6 heteroatoms. The predicted octanol–water partition coefficient (Wildman–Crippen LogP) is 2.73. The number of nitrogens with two attached hydrogens (primary N) is 1. The molecule has 0 spiro atoms. The summed E-state index contributed by atoms with van der Waals surface area (Å²) in [6.45, 7) is 2.76. The van der Waals surface area contributed by atoms with Gasteiger partial charge >= 0.3 is 0 Å². The molecule has 3 rings (SSSR count). The van der Waals surface area contributed by atoms with Crippen molar-refractivity contribution >= 4 is 5.91 Å². The summed E-state index contributed by atoms with van der Waals surface area (Å²) in [5.41, 5.74) is 8.03. The Morgan fingerprint density at radius 2 is 1.93 bits per heavy atom. The average Bonchev–Trinajstić information content (AvgIpc) is 2.74. The molecule has 1 saturated heterocycles. The minimum Gasteiger partial charge on any atom is -0.497 e. The highest BCUT2D eigenvalue weighted by Crippen LogP contribution is 2.23. The maximum atomic E-state index is 12.9. The number of nitrogens with zero attached hydrogens (tertiary/aromatic N) is 2. The first-order valence-electron chi connectivity index (χ1n) is 9.41. The molecule has 0 unspecified atom stereocenters. The van der Waals surface area contributed by atoms with Gasteiger partial charge in [-0.2, -0.15) is 0 Å².